The standard InChI is InChI=1S/C13H12N2O4/c1-2-19-9-5-3-8(4-6-9)10-7-11(12(16)17)15-13(18)14-10/h3-7H,2H2,1H3,(H,16,17)(H,14,15,18). The van der Waals surface area contributed by atoms with Gasteiger partial charge in [-0.2, -0.15) is 4.98 Å². The molecular weight excluding hydrogens is 248 g/mol. The normalized spacial score (nSPS) is 10.2. The van der Waals surface area contributed by atoms with Crippen LogP contribution in [0, 0.1) is 0 Å². The van der Waals surface area contributed by atoms with Gasteiger partial charge in [0.2, 0.25) is 0 Å². The van der Waals surface area contributed by atoms with Gasteiger partial charge in [-0.15, -0.1) is 0 Å². The first kappa shape index (κ1) is 12.8. The lowest BCUT2D eigenvalue weighted by Crippen LogP contribution is -2.16. The molecule has 0 amide bonds. The average Bonchev–Trinajstić information content (AvgIpc) is 2.39. The molecule has 6 heteroatoms. The van der Waals surface area contributed by atoms with E-state index in [0.717, 1.165) is 0 Å². The monoisotopic (exact) mass is 260 g/mol. The van der Waals surface area contributed by atoms with E-state index in [2.05, 4.69) is 9.97 Å². The van der Waals surface area contributed by atoms with E-state index in [0.29, 0.717) is 23.6 Å². The predicted octanol–water partition coefficient (Wildman–Crippen LogP) is 1.53. The highest BCUT2D eigenvalue weighted by molar-refractivity contribution is 5.86. The van der Waals surface area contributed by atoms with E-state index in [-0.39, 0.29) is 5.69 Å². The first-order valence-corrected chi connectivity index (χ1v) is 5.68. The molecule has 0 aliphatic rings. The third-order valence-electron chi connectivity index (χ3n) is 2.44. The zero-order valence-electron chi connectivity index (χ0n) is 10.2. The molecule has 0 spiro atoms. The molecule has 2 rings (SSSR count). The van der Waals surface area contributed by atoms with Gasteiger partial charge in [0.1, 0.15) is 11.4 Å². The number of ether oxygens (including phenoxy) is 1. The Balaban J connectivity index is 2.41. The first-order chi connectivity index (χ1) is 9.10. The van der Waals surface area contributed by atoms with E-state index < -0.39 is 11.7 Å². The Labute approximate surface area is 108 Å². The van der Waals surface area contributed by atoms with Crippen LogP contribution in [0.15, 0.2) is 35.1 Å². The minimum atomic E-state index is -1.20. The predicted molar refractivity (Wildman–Crippen MR) is 68.4 cm³/mol. The lowest BCUT2D eigenvalue weighted by atomic mass is 10.1. The van der Waals surface area contributed by atoms with Crippen LogP contribution in [-0.2, 0) is 0 Å². The van der Waals surface area contributed by atoms with Crippen molar-refractivity contribution in [1.29, 1.82) is 0 Å². The molecular formula is C13H12N2O4. The Bertz CT molecular complexity index is 646. The van der Waals surface area contributed by atoms with E-state index >= 15 is 0 Å². The summed E-state index contributed by atoms with van der Waals surface area (Å²) in [5.41, 5.74) is 0.0777. The molecule has 0 bridgehead atoms. The Morgan fingerprint density at radius 3 is 2.63 bits per heavy atom. The van der Waals surface area contributed by atoms with Crippen molar-refractivity contribution >= 4 is 5.97 Å². The molecule has 1 aromatic carbocycles. The fraction of sp³-hybridized carbons (Fsp3) is 0.154. The van der Waals surface area contributed by atoms with Gasteiger partial charge in [0.25, 0.3) is 0 Å². The number of carboxylic acid groups (broad SMARTS) is 1. The average molecular weight is 260 g/mol. The Hall–Kier alpha value is -2.63. The van der Waals surface area contributed by atoms with Gasteiger partial charge in [-0.1, -0.05) is 0 Å². The quantitative estimate of drug-likeness (QED) is 0.869. The molecule has 0 saturated heterocycles. The second-order valence-electron chi connectivity index (χ2n) is 3.75. The number of aromatic nitrogens is 2. The number of hydrogen-bond acceptors (Lipinski definition) is 4. The third kappa shape index (κ3) is 2.98. The smallest absolute Gasteiger partial charge is 0.352 e. The molecule has 1 heterocycles. The highest BCUT2D eigenvalue weighted by atomic mass is 16.5. The van der Waals surface area contributed by atoms with Gasteiger partial charge in [0.05, 0.1) is 12.3 Å². The van der Waals surface area contributed by atoms with Crippen LogP contribution in [0.25, 0.3) is 11.3 Å². The van der Waals surface area contributed by atoms with Crippen molar-refractivity contribution in [3.63, 3.8) is 0 Å². The molecule has 0 saturated carbocycles. The summed E-state index contributed by atoms with van der Waals surface area (Å²) in [5, 5.41) is 8.88. The Morgan fingerprint density at radius 2 is 2.05 bits per heavy atom. The summed E-state index contributed by atoms with van der Waals surface area (Å²) >= 11 is 0. The summed E-state index contributed by atoms with van der Waals surface area (Å²) in [6.45, 7) is 2.44. The maximum absolute atomic E-state index is 11.3. The van der Waals surface area contributed by atoms with E-state index in [1.54, 1.807) is 24.3 Å². The van der Waals surface area contributed by atoms with E-state index in [1.165, 1.54) is 6.07 Å². The van der Waals surface area contributed by atoms with Gasteiger partial charge in [-0.3, -0.25) is 4.98 Å². The number of H-pyrrole nitrogens is 1. The van der Waals surface area contributed by atoms with Crippen LogP contribution in [-0.4, -0.2) is 27.7 Å². The highest BCUT2D eigenvalue weighted by Crippen LogP contribution is 2.20. The van der Waals surface area contributed by atoms with Crippen LogP contribution >= 0.6 is 0 Å². The fourth-order valence-corrected chi connectivity index (χ4v) is 1.61. The van der Waals surface area contributed by atoms with E-state index in [4.69, 9.17) is 9.84 Å². The highest BCUT2D eigenvalue weighted by Gasteiger charge is 2.08. The summed E-state index contributed by atoms with van der Waals surface area (Å²) in [6.07, 6.45) is 0. The van der Waals surface area contributed by atoms with Gasteiger partial charge in [0.15, 0.2) is 0 Å². The Kier molecular flexibility index (Phi) is 3.61. The molecule has 6 nitrogen and oxygen atoms in total. The number of aromatic carboxylic acids is 1. The number of aromatic amines is 1. The second kappa shape index (κ2) is 5.34. The van der Waals surface area contributed by atoms with Crippen molar-refractivity contribution < 1.29 is 14.6 Å². The van der Waals surface area contributed by atoms with Crippen molar-refractivity contribution in [1.82, 2.24) is 9.97 Å². The summed E-state index contributed by atoms with van der Waals surface area (Å²) in [5.74, 6) is -0.499. The van der Waals surface area contributed by atoms with Gasteiger partial charge < -0.3 is 9.84 Å². The number of carbonyl (C=O) groups is 1. The van der Waals surface area contributed by atoms with Crippen LogP contribution in [0.1, 0.15) is 17.4 Å². The molecule has 0 radical (unpaired) electrons. The van der Waals surface area contributed by atoms with Crippen LogP contribution in [0.4, 0.5) is 0 Å². The number of hydrogen-bond donors (Lipinski definition) is 2. The summed E-state index contributed by atoms with van der Waals surface area (Å²) in [4.78, 5) is 28.1. The van der Waals surface area contributed by atoms with Crippen LogP contribution in [0.2, 0.25) is 0 Å². The first-order valence-electron chi connectivity index (χ1n) is 5.68. The maximum atomic E-state index is 11.3. The molecule has 98 valence electrons. The molecule has 1 aromatic heterocycles. The van der Waals surface area contributed by atoms with Gasteiger partial charge >= 0.3 is 11.7 Å². The zero-order chi connectivity index (χ0) is 13.8. The second-order valence-corrected chi connectivity index (χ2v) is 3.75. The summed E-state index contributed by atoms with van der Waals surface area (Å²) in [7, 11) is 0. The lowest BCUT2D eigenvalue weighted by Gasteiger charge is -2.05. The van der Waals surface area contributed by atoms with Crippen LogP contribution in [0.3, 0.4) is 0 Å². The molecule has 0 atom stereocenters. The van der Waals surface area contributed by atoms with Crippen molar-refractivity contribution in [2.24, 2.45) is 0 Å². The van der Waals surface area contributed by atoms with Crippen molar-refractivity contribution in [3.05, 3.63) is 46.5 Å². The third-order valence-corrected chi connectivity index (χ3v) is 2.44. The summed E-state index contributed by atoms with van der Waals surface area (Å²) in [6, 6.07) is 8.24. The molecule has 0 unspecified atom stereocenters. The topological polar surface area (TPSA) is 92.3 Å². The van der Waals surface area contributed by atoms with Crippen molar-refractivity contribution in [3.8, 4) is 17.0 Å². The van der Waals surface area contributed by atoms with Crippen LogP contribution in [0.5, 0.6) is 5.75 Å². The number of rotatable bonds is 4. The lowest BCUT2D eigenvalue weighted by molar-refractivity contribution is 0.0690. The molecule has 19 heavy (non-hydrogen) atoms. The number of nitrogens with zero attached hydrogens (tertiary/aromatic N) is 1. The van der Waals surface area contributed by atoms with Crippen molar-refractivity contribution in [2.45, 2.75) is 6.92 Å². The van der Waals surface area contributed by atoms with Gasteiger partial charge in [0, 0.05) is 5.56 Å². The fourth-order valence-electron chi connectivity index (χ4n) is 1.61. The SMILES string of the molecule is CCOc1ccc(-c2cc(C(=O)O)[nH]c(=O)n2)cc1. The molecule has 0 aliphatic heterocycles. The largest absolute Gasteiger partial charge is 0.494 e. The van der Waals surface area contributed by atoms with E-state index in [1.807, 2.05) is 6.92 Å². The van der Waals surface area contributed by atoms with Gasteiger partial charge in [-0.05, 0) is 37.3 Å². The molecule has 0 aliphatic carbocycles. The molecule has 2 aromatic rings. The van der Waals surface area contributed by atoms with Crippen LogP contribution < -0.4 is 10.4 Å². The Morgan fingerprint density at radius 1 is 1.37 bits per heavy atom. The minimum absolute atomic E-state index is 0.191. The number of benzene rings is 1. The maximum Gasteiger partial charge on any atom is 0.352 e. The van der Waals surface area contributed by atoms with Crippen molar-refractivity contribution in [2.75, 3.05) is 6.61 Å². The summed E-state index contributed by atoms with van der Waals surface area (Å²) < 4.78 is 5.30. The minimum Gasteiger partial charge on any atom is -0.494 e. The van der Waals surface area contributed by atoms with E-state index in [9.17, 15) is 9.59 Å². The number of nitrogens with one attached hydrogen (secondary N) is 1. The zero-order valence-corrected chi connectivity index (χ0v) is 10.2. The molecule has 2 N–H and O–H groups in total. The number of carboxylic acids is 1. The molecule has 0 fully saturated rings. The van der Waals surface area contributed by atoms with Gasteiger partial charge in [-0.25, -0.2) is 9.59 Å².